The molecule has 3 nitrogen and oxygen atoms in total. The van der Waals surface area contributed by atoms with Crippen molar-refractivity contribution < 1.29 is 14.0 Å². The third-order valence-electron chi connectivity index (χ3n) is 2.63. The van der Waals surface area contributed by atoms with Crippen LogP contribution in [0.3, 0.4) is 0 Å². The minimum absolute atomic E-state index is 0.234. The van der Waals surface area contributed by atoms with Crippen LogP contribution in [0.2, 0.25) is 19.6 Å². The summed E-state index contributed by atoms with van der Waals surface area (Å²) < 4.78 is 11.0. The van der Waals surface area contributed by atoms with Gasteiger partial charge in [-0.2, -0.15) is 0 Å². The van der Waals surface area contributed by atoms with Crippen LogP contribution < -0.4 is 0 Å². The lowest BCUT2D eigenvalue weighted by Gasteiger charge is -2.36. The highest BCUT2D eigenvalue weighted by Gasteiger charge is 2.35. The molecule has 1 aromatic carbocycles. The van der Waals surface area contributed by atoms with Gasteiger partial charge in [-0.1, -0.05) is 30.3 Å². The highest BCUT2D eigenvalue weighted by Crippen LogP contribution is 2.32. The Labute approximate surface area is 110 Å². The summed E-state index contributed by atoms with van der Waals surface area (Å²) in [4.78, 5) is 11.6. The molecule has 0 fully saturated rings. The number of ether oxygens (including phenoxy) is 1. The normalized spacial score (nSPS) is 14.9. The fraction of sp³-hybridized carbons (Fsp3) is 0.500. The molecular weight excluding hydrogens is 244 g/mol. The van der Waals surface area contributed by atoms with Gasteiger partial charge in [-0.15, -0.1) is 0 Å². The molecule has 4 heteroatoms. The minimum Gasteiger partial charge on any atom is -0.469 e. The molecule has 0 aliphatic carbocycles. The van der Waals surface area contributed by atoms with E-state index < -0.39 is 13.9 Å². The first-order valence-electron chi connectivity index (χ1n) is 6.09. The molecule has 0 N–H and O–H groups in total. The van der Waals surface area contributed by atoms with Crippen LogP contribution in [0.15, 0.2) is 30.3 Å². The van der Waals surface area contributed by atoms with E-state index in [0.29, 0.717) is 0 Å². The molecule has 0 aliphatic heterocycles. The van der Waals surface area contributed by atoms with E-state index in [-0.39, 0.29) is 12.4 Å². The first-order valence-corrected chi connectivity index (χ1v) is 9.50. The van der Waals surface area contributed by atoms with Gasteiger partial charge in [-0.05, 0) is 32.1 Å². The molecule has 0 saturated heterocycles. The van der Waals surface area contributed by atoms with E-state index in [0.717, 1.165) is 5.56 Å². The second-order valence-corrected chi connectivity index (χ2v) is 9.99. The van der Waals surface area contributed by atoms with Crippen molar-refractivity contribution in [3.8, 4) is 0 Å². The molecule has 1 atom stereocenters. The zero-order valence-electron chi connectivity index (χ0n) is 11.8. The SMILES string of the molecule is COC(=O)CC(C)(O[Si](C)(C)C)c1ccccc1. The fourth-order valence-electron chi connectivity index (χ4n) is 2.01. The average molecular weight is 266 g/mol. The Balaban J connectivity index is 3.05. The van der Waals surface area contributed by atoms with E-state index in [1.807, 2.05) is 37.3 Å². The van der Waals surface area contributed by atoms with Gasteiger partial charge >= 0.3 is 5.97 Å². The lowest BCUT2D eigenvalue weighted by Crippen LogP contribution is -2.40. The molecule has 1 unspecified atom stereocenters. The highest BCUT2D eigenvalue weighted by atomic mass is 28.4. The second-order valence-electron chi connectivity index (χ2n) is 5.56. The van der Waals surface area contributed by atoms with Gasteiger partial charge in [0.2, 0.25) is 0 Å². The Morgan fingerprint density at radius 1 is 1.22 bits per heavy atom. The third-order valence-corrected chi connectivity index (χ3v) is 3.69. The van der Waals surface area contributed by atoms with Crippen LogP contribution in [0.25, 0.3) is 0 Å². The molecule has 0 spiro atoms. The minimum atomic E-state index is -1.76. The first-order chi connectivity index (χ1) is 8.27. The van der Waals surface area contributed by atoms with Crippen molar-refractivity contribution in [2.45, 2.75) is 38.6 Å². The van der Waals surface area contributed by atoms with Gasteiger partial charge in [-0.3, -0.25) is 4.79 Å². The van der Waals surface area contributed by atoms with Crippen molar-refractivity contribution in [3.63, 3.8) is 0 Å². The molecule has 0 heterocycles. The molecule has 0 saturated carbocycles. The van der Waals surface area contributed by atoms with E-state index in [1.165, 1.54) is 7.11 Å². The second kappa shape index (κ2) is 5.67. The van der Waals surface area contributed by atoms with Crippen molar-refractivity contribution in [1.29, 1.82) is 0 Å². The summed E-state index contributed by atoms with van der Waals surface area (Å²) in [6.45, 7) is 8.31. The molecule has 100 valence electrons. The summed E-state index contributed by atoms with van der Waals surface area (Å²) in [5.41, 5.74) is 0.400. The van der Waals surface area contributed by atoms with Crippen molar-refractivity contribution >= 4 is 14.3 Å². The number of hydrogen-bond acceptors (Lipinski definition) is 3. The van der Waals surface area contributed by atoms with Crippen molar-refractivity contribution in [2.24, 2.45) is 0 Å². The summed E-state index contributed by atoms with van der Waals surface area (Å²) in [7, 11) is -0.358. The monoisotopic (exact) mass is 266 g/mol. The van der Waals surface area contributed by atoms with Crippen LogP contribution in [-0.2, 0) is 19.6 Å². The van der Waals surface area contributed by atoms with E-state index >= 15 is 0 Å². The summed E-state index contributed by atoms with van der Waals surface area (Å²) >= 11 is 0. The van der Waals surface area contributed by atoms with Gasteiger partial charge in [0, 0.05) is 0 Å². The fourth-order valence-corrected chi connectivity index (χ4v) is 3.55. The van der Waals surface area contributed by atoms with E-state index in [4.69, 9.17) is 9.16 Å². The Morgan fingerprint density at radius 2 is 1.78 bits per heavy atom. The molecule has 18 heavy (non-hydrogen) atoms. The van der Waals surface area contributed by atoms with Gasteiger partial charge in [0.05, 0.1) is 19.1 Å². The topological polar surface area (TPSA) is 35.5 Å². The maximum atomic E-state index is 11.6. The number of hydrogen-bond donors (Lipinski definition) is 0. The number of esters is 1. The molecule has 1 rings (SSSR count). The molecular formula is C14H22O3Si. The summed E-state index contributed by atoms with van der Waals surface area (Å²) in [6.07, 6.45) is 0.234. The number of rotatable bonds is 5. The van der Waals surface area contributed by atoms with Crippen LogP contribution in [0.1, 0.15) is 18.9 Å². The van der Waals surface area contributed by atoms with Crippen molar-refractivity contribution in [1.82, 2.24) is 0 Å². The van der Waals surface area contributed by atoms with Crippen LogP contribution in [-0.4, -0.2) is 21.4 Å². The number of carbonyl (C=O) groups is 1. The maximum Gasteiger partial charge on any atom is 0.308 e. The molecule has 0 aromatic heterocycles. The lowest BCUT2D eigenvalue weighted by molar-refractivity contribution is -0.145. The third kappa shape index (κ3) is 4.27. The van der Waals surface area contributed by atoms with Gasteiger partial charge in [-0.25, -0.2) is 0 Å². The molecule has 0 amide bonds. The number of carbonyl (C=O) groups excluding carboxylic acids is 1. The largest absolute Gasteiger partial charge is 0.469 e. The van der Waals surface area contributed by atoms with Gasteiger partial charge in [0.1, 0.15) is 0 Å². The summed E-state index contributed by atoms with van der Waals surface area (Å²) in [5, 5.41) is 0. The quantitative estimate of drug-likeness (QED) is 0.606. The summed E-state index contributed by atoms with van der Waals surface area (Å²) in [6, 6.07) is 9.85. The highest BCUT2D eigenvalue weighted by molar-refractivity contribution is 6.69. The predicted molar refractivity (Wildman–Crippen MR) is 74.9 cm³/mol. The molecule has 0 radical (unpaired) electrons. The summed E-state index contributed by atoms with van der Waals surface area (Å²) in [5.74, 6) is -0.250. The van der Waals surface area contributed by atoms with Crippen molar-refractivity contribution in [3.05, 3.63) is 35.9 Å². The van der Waals surface area contributed by atoms with E-state index in [9.17, 15) is 4.79 Å². The zero-order valence-corrected chi connectivity index (χ0v) is 12.8. The predicted octanol–water partition coefficient (Wildman–Crippen LogP) is 3.32. The van der Waals surface area contributed by atoms with E-state index in [1.54, 1.807) is 0 Å². The Bertz CT molecular complexity index is 397. The maximum absolute atomic E-state index is 11.6. The Kier molecular flexibility index (Phi) is 4.70. The van der Waals surface area contributed by atoms with Crippen molar-refractivity contribution in [2.75, 3.05) is 7.11 Å². The smallest absolute Gasteiger partial charge is 0.308 e. The number of methoxy groups -OCH3 is 1. The Morgan fingerprint density at radius 3 is 2.22 bits per heavy atom. The molecule has 0 bridgehead atoms. The van der Waals surface area contributed by atoms with Crippen LogP contribution in [0, 0.1) is 0 Å². The molecule has 1 aromatic rings. The van der Waals surface area contributed by atoms with Gasteiger partial charge < -0.3 is 9.16 Å². The lowest BCUT2D eigenvalue weighted by atomic mass is 9.93. The van der Waals surface area contributed by atoms with E-state index in [2.05, 4.69) is 19.6 Å². The zero-order chi connectivity index (χ0) is 13.8. The average Bonchev–Trinajstić information content (AvgIpc) is 2.27. The van der Waals surface area contributed by atoms with Crippen LogP contribution >= 0.6 is 0 Å². The molecule has 0 aliphatic rings. The van der Waals surface area contributed by atoms with Gasteiger partial charge in [0.15, 0.2) is 8.32 Å². The standard InChI is InChI=1S/C14H22O3Si/c1-14(11-13(15)16-2,17-18(3,4)5)12-9-7-6-8-10-12/h6-10H,11H2,1-5H3. The first kappa shape index (κ1) is 14.9. The number of benzene rings is 1. The Hall–Kier alpha value is -1.13. The van der Waals surface area contributed by atoms with Crippen LogP contribution in [0.5, 0.6) is 0 Å². The van der Waals surface area contributed by atoms with Crippen LogP contribution in [0.4, 0.5) is 0 Å². The van der Waals surface area contributed by atoms with Gasteiger partial charge in [0.25, 0.3) is 0 Å².